The van der Waals surface area contributed by atoms with E-state index in [1.54, 1.807) is 0 Å². The quantitative estimate of drug-likeness (QED) is 0.816. The first kappa shape index (κ1) is 15.9. The number of para-hydroxylation sites is 1. The molecule has 0 saturated heterocycles. The van der Waals surface area contributed by atoms with E-state index in [4.69, 9.17) is 4.74 Å². The van der Waals surface area contributed by atoms with Crippen LogP contribution in [0.4, 0.5) is 18.9 Å². The monoisotopic (exact) mass is 385 g/mol. The smallest absolute Gasteiger partial charge is 0.418 e. The van der Waals surface area contributed by atoms with Crippen LogP contribution in [0.1, 0.15) is 21.5 Å². The lowest BCUT2D eigenvalue weighted by molar-refractivity contribution is -0.136. The van der Waals surface area contributed by atoms with Gasteiger partial charge in [-0.05, 0) is 29.8 Å². The summed E-state index contributed by atoms with van der Waals surface area (Å²) in [5.74, 6) is -0.212. The highest BCUT2D eigenvalue weighted by molar-refractivity contribution is 9.10. The number of ether oxygens (including phenoxy) is 1. The summed E-state index contributed by atoms with van der Waals surface area (Å²) in [6.45, 7) is 0.450. The van der Waals surface area contributed by atoms with Gasteiger partial charge in [0.25, 0.3) is 5.91 Å². The van der Waals surface area contributed by atoms with E-state index in [0.29, 0.717) is 23.2 Å². The first-order valence-corrected chi connectivity index (χ1v) is 7.58. The number of hydrogen-bond acceptors (Lipinski definition) is 2. The highest BCUT2D eigenvalue weighted by Crippen LogP contribution is 2.36. The van der Waals surface area contributed by atoms with Gasteiger partial charge in [0.05, 0.1) is 23.4 Å². The van der Waals surface area contributed by atoms with Gasteiger partial charge in [0.15, 0.2) is 0 Å². The number of rotatable bonds is 2. The Kier molecular flexibility index (Phi) is 4.06. The number of benzene rings is 2. The predicted octanol–water partition coefficient (Wildman–Crippen LogP) is 4.66. The Hall–Kier alpha value is -2.02. The molecule has 1 N–H and O–H groups in total. The minimum Gasteiger partial charge on any atom is -0.492 e. The number of hydrogen-bond donors (Lipinski definition) is 1. The predicted molar refractivity (Wildman–Crippen MR) is 82.7 cm³/mol. The zero-order chi connectivity index (χ0) is 16.6. The van der Waals surface area contributed by atoms with Crippen molar-refractivity contribution in [2.45, 2.75) is 12.6 Å². The normalized spacial score (nSPS) is 13.4. The second-order valence-electron chi connectivity index (χ2n) is 5.04. The van der Waals surface area contributed by atoms with Gasteiger partial charge in [0.1, 0.15) is 5.75 Å². The number of fused-ring (bicyclic) bond motifs is 1. The van der Waals surface area contributed by atoms with Crippen LogP contribution in [0, 0.1) is 0 Å². The van der Waals surface area contributed by atoms with Crippen molar-refractivity contribution >= 4 is 27.5 Å². The van der Waals surface area contributed by atoms with Gasteiger partial charge >= 0.3 is 6.18 Å². The standard InChI is InChI=1S/C16H11BrF3NO2/c17-10-7-9-5-6-23-14(9)11(8-10)15(22)21-13-4-2-1-3-12(13)16(18,19)20/h1-4,7-8H,5-6H2,(H,21,22). The molecular formula is C16H11BrF3NO2. The molecule has 0 bridgehead atoms. The number of anilines is 1. The van der Waals surface area contributed by atoms with Crippen molar-refractivity contribution in [2.24, 2.45) is 0 Å². The van der Waals surface area contributed by atoms with E-state index in [1.807, 2.05) is 6.07 Å². The molecule has 0 saturated carbocycles. The zero-order valence-electron chi connectivity index (χ0n) is 11.7. The molecule has 2 aromatic carbocycles. The second-order valence-corrected chi connectivity index (χ2v) is 5.95. The van der Waals surface area contributed by atoms with Gasteiger partial charge in [0, 0.05) is 10.9 Å². The summed E-state index contributed by atoms with van der Waals surface area (Å²) in [5, 5.41) is 2.33. The lowest BCUT2D eigenvalue weighted by Gasteiger charge is -2.14. The average Bonchev–Trinajstić information content (AvgIpc) is 2.93. The molecule has 3 rings (SSSR count). The number of amides is 1. The highest BCUT2D eigenvalue weighted by atomic mass is 79.9. The van der Waals surface area contributed by atoms with Crippen LogP contribution < -0.4 is 10.1 Å². The molecular weight excluding hydrogens is 375 g/mol. The Morgan fingerprint density at radius 3 is 2.70 bits per heavy atom. The van der Waals surface area contributed by atoms with Crippen LogP contribution in [0.15, 0.2) is 40.9 Å². The lowest BCUT2D eigenvalue weighted by atomic mass is 10.1. The molecule has 0 atom stereocenters. The maximum absolute atomic E-state index is 13.0. The molecule has 0 aliphatic carbocycles. The first-order chi connectivity index (χ1) is 10.9. The molecule has 23 heavy (non-hydrogen) atoms. The van der Waals surface area contributed by atoms with Gasteiger partial charge in [-0.2, -0.15) is 13.2 Å². The van der Waals surface area contributed by atoms with Gasteiger partial charge in [-0.15, -0.1) is 0 Å². The van der Waals surface area contributed by atoms with Crippen molar-refractivity contribution < 1.29 is 22.7 Å². The number of alkyl halides is 3. The first-order valence-electron chi connectivity index (χ1n) is 6.79. The van der Waals surface area contributed by atoms with E-state index >= 15 is 0 Å². The molecule has 1 heterocycles. The molecule has 0 unspecified atom stereocenters. The maximum atomic E-state index is 13.0. The summed E-state index contributed by atoms with van der Waals surface area (Å²) in [6.07, 6.45) is -3.88. The Bertz CT molecular complexity index is 774. The topological polar surface area (TPSA) is 38.3 Å². The van der Waals surface area contributed by atoms with E-state index in [2.05, 4.69) is 21.2 Å². The van der Waals surface area contributed by atoms with Crippen molar-refractivity contribution in [3.05, 3.63) is 57.6 Å². The summed E-state index contributed by atoms with van der Waals surface area (Å²) in [6, 6.07) is 8.24. The van der Waals surface area contributed by atoms with Gasteiger partial charge in [0.2, 0.25) is 0 Å². The minimum atomic E-state index is -4.54. The molecule has 7 heteroatoms. The number of carbonyl (C=O) groups excluding carboxylic acids is 1. The highest BCUT2D eigenvalue weighted by Gasteiger charge is 2.34. The Morgan fingerprint density at radius 2 is 1.96 bits per heavy atom. The van der Waals surface area contributed by atoms with Crippen LogP contribution in [-0.2, 0) is 12.6 Å². The fourth-order valence-corrected chi connectivity index (χ4v) is 2.97. The SMILES string of the molecule is O=C(Nc1ccccc1C(F)(F)F)c1cc(Br)cc2c1OCC2. The van der Waals surface area contributed by atoms with Crippen LogP contribution >= 0.6 is 15.9 Å². The molecule has 0 radical (unpaired) electrons. The molecule has 0 aromatic heterocycles. The maximum Gasteiger partial charge on any atom is 0.418 e. The zero-order valence-corrected chi connectivity index (χ0v) is 13.3. The summed E-state index contributed by atoms with van der Waals surface area (Å²) in [4.78, 5) is 12.4. The molecule has 1 aliphatic rings. The number of halogens is 4. The van der Waals surface area contributed by atoms with E-state index in [9.17, 15) is 18.0 Å². The van der Waals surface area contributed by atoms with Crippen molar-refractivity contribution in [3.8, 4) is 5.75 Å². The molecule has 3 nitrogen and oxygen atoms in total. The summed E-state index contributed by atoms with van der Waals surface area (Å²) < 4.78 is 45.1. The summed E-state index contributed by atoms with van der Waals surface area (Å²) >= 11 is 3.30. The van der Waals surface area contributed by atoms with Gasteiger partial charge < -0.3 is 10.1 Å². The third-order valence-electron chi connectivity index (χ3n) is 3.47. The number of carbonyl (C=O) groups is 1. The molecule has 120 valence electrons. The van der Waals surface area contributed by atoms with E-state index in [-0.39, 0.29) is 11.3 Å². The fraction of sp³-hybridized carbons (Fsp3) is 0.188. The largest absolute Gasteiger partial charge is 0.492 e. The molecule has 0 spiro atoms. The lowest BCUT2D eigenvalue weighted by Crippen LogP contribution is -2.17. The van der Waals surface area contributed by atoms with Gasteiger partial charge in [-0.25, -0.2) is 0 Å². The van der Waals surface area contributed by atoms with Crippen LogP contribution in [0.3, 0.4) is 0 Å². The Balaban J connectivity index is 1.96. The third-order valence-corrected chi connectivity index (χ3v) is 3.93. The van der Waals surface area contributed by atoms with Crippen molar-refractivity contribution in [1.29, 1.82) is 0 Å². The van der Waals surface area contributed by atoms with E-state index < -0.39 is 17.6 Å². The average molecular weight is 386 g/mol. The van der Waals surface area contributed by atoms with Crippen LogP contribution in [-0.4, -0.2) is 12.5 Å². The van der Waals surface area contributed by atoms with Crippen molar-refractivity contribution in [1.82, 2.24) is 0 Å². The van der Waals surface area contributed by atoms with Gasteiger partial charge in [-0.3, -0.25) is 4.79 Å². The van der Waals surface area contributed by atoms with Gasteiger partial charge in [-0.1, -0.05) is 28.1 Å². The Labute approximate surface area is 138 Å². The van der Waals surface area contributed by atoms with Crippen molar-refractivity contribution in [2.75, 3.05) is 11.9 Å². The van der Waals surface area contributed by atoms with Crippen LogP contribution in [0.5, 0.6) is 5.75 Å². The third kappa shape index (κ3) is 3.19. The minimum absolute atomic E-state index is 0.212. The second kappa shape index (κ2) is 5.88. The fourth-order valence-electron chi connectivity index (χ4n) is 2.47. The van der Waals surface area contributed by atoms with Crippen molar-refractivity contribution in [3.63, 3.8) is 0 Å². The van der Waals surface area contributed by atoms with E-state index in [0.717, 1.165) is 11.6 Å². The molecule has 1 amide bonds. The Morgan fingerprint density at radius 1 is 1.22 bits per heavy atom. The van der Waals surface area contributed by atoms with E-state index in [1.165, 1.54) is 24.3 Å². The summed E-state index contributed by atoms with van der Waals surface area (Å²) in [7, 11) is 0. The molecule has 2 aromatic rings. The van der Waals surface area contributed by atoms with Crippen LogP contribution in [0.25, 0.3) is 0 Å². The van der Waals surface area contributed by atoms with Crippen LogP contribution in [0.2, 0.25) is 0 Å². The molecule has 1 aliphatic heterocycles. The summed E-state index contributed by atoms with van der Waals surface area (Å²) in [5.41, 5.74) is -0.102. The molecule has 0 fully saturated rings. The number of nitrogens with one attached hydrogen (secondary N) is 1.